The molecule has 0 aliphatic heterocycles. The summed E-state index contributed by atoms with van der Waals surface area (Å²) in [7, 11) is 0. The molecule has 3 N–H and O–H groups in total. The van der Waals surface area contributed by atoms with E-state index in [0.29, 0.717) is 23.7 Å². The van der Waals surface area contributed by atoms with Gasteiger partial charge in [-0.2, -0.15) is 0 Å². The molecule has 0 spiro atoms. The third-order valence-corrected chi connectivity index (χ3v) is 5.42. The summed E-state index contributed by atoms with van der Waals surface area (Å²) in [5.74, 6) is 1.01. The minimum absolute atomic E-state index is 0.129. The normalized spacial score (nSPS) is 11.6. The van der Waals surface area contributed by atoms with Crippen molar-refractivity contribution in [1.82, 2.24) is 0 Å². The molecule has 32 heavy (non-hydrogen) atoms. The van der Waals surface area contributed by atoms with E-state index in [4.69, 9.17) is 5.11 Å². The van der Waals surface area contributed by atoms with E-state index in [9.17, 15) is 10.2 Å². The second kappa shape index (κ2) is 9.68. The SMILES string of the molecule is Cc1cc(Cc2cc(C)cc(C(C)(C)C)c2O)c(O)c(C(C)(C)C)c1.Oc1ccccc1. The van der Waals surface area contributed by atoms with Crippen molar-refractivity contribution < 1.29 is 15.3 Å². The van der Waals surface area contributed by atoms with Gasteiger partial charge in [0.1, 0.15) is 17.2 Å². The summed E-state index contributed by atoms with van der Waals surface area (Å²) < 4.78 is 0. The third kappa shape index (κ3) is 6.53. The molecule has 0 fully saturated rings. The molecule has 0 bridgehead atoms. The summed E-state index contributed by atoms with van der Waals surface area (Å²) in [6, 6.07) is 16.8. The zero-order valence-corrected chi connectivity index (χ0v) is 20.7. The lowest BCUT2D eigenvalue weighted by molar-refractivity contribution is 0.435. The average molecular weight is 435 g/mol. The van der Waals surface area contributed by atoms with Crippen molar-refractivity contribution in [1.29, 1.82) is 0 Å². The maximum atomic E-state index is 10.8. The van der Waals surface area contributed by atoms with E-state index in [1.165, 1.54) is 0 Å². The largest absolute Gasteiger partial charge is 0.508 e. The van der Waals surface area contributed by atoms with Gasteiger partial charge in [0.2, 0.25) is 0 Å². The van der Waals surface area contributed by atoms with Crippen LogP contribution >= 0.6 is 0 Å². The molecule has 3 aromatic rings. The predicted molar refractivity (Wildman–Crippen MR) is 134 cm³/mol. The van der Waals surface area contributed by atoms with E-state index >= 15 is 0 Å². The Morgan fingerprint density at radius 3 is 1.25 bits per heavy atom. The molecule has 0 aliphatic carbocycles. The fourth-order valence-corrected chi connectivity index (χ4v) is 3.75. The Morgan fingerprint density at radius 2 is 0.969 bits per heavy atom. The highest BCUT2D eigenvalue weighted by atomic mass is 16.3. The summed E-state index contributed by atoms with van der Waals surface area (Å²) in [5, 5.41) is 30.3. The Kier molecular flexibility index (Phi) is 7.66. The van der Waals surface area contributed by atoms with Gasteiger partial charge in [0, 0.05) is 6.42 Å². The van der Waals surface area contributed by atoms with Crippen LogP contribution in [0.5, 0.6) is 17.2 Å². The number of benzene rings is 3. The summed E-state index contributed by atoms with van der Waals surface area (Å²) in [5.41, 5.74) is 5.63. The van der Waals surface area contributed by atoms with E-state index in [2.05, 4.69) is 67.5 Å². The Hall–Kier alpha value is -2.94. The molecule has 0 heterocycles. The Balaban J connectivity index is 0.000000439. The van der Waals surface area contributed by atoms with Crippen LogP contribution < -0.4 is 0 Å². The van der Waals surface area contributed by atoms with Crippen molar-refractivity contribution in [3.05, 3.63) is 88.0 Å². The van der Waals surface area contributed by atoms with Gasteiger partial charge < -0.3 is 15.3 Å². The van der Waals surface area contributed by atoms with Crippen LogP contribution in [0.25, 0.3) is 0 Å². The second-order valence-corrected chi connectivity index (χ2v) is 10.7. The highest BCUT2D eigenvalue weighted by Gasteiger charge is 2.24. The van der Waals surface area contributed by atoms with Crippen LogP contribution in [0, 0.1) is 13.8 Å². The van der Waals surface area contributed by atoms with Gasteiger partial charge >= 0.3 is 0 Å². The lowest BCUT2D eigenvalue weighted by atomic mass is 9.81. The molecule has 3 heteroatoms. The lowest BCUT2D eigenvalue weighted by Gasteiger charge is -2.25. The van der Waals surface area contributed by atoms with Crippen molar-refractivity contribution in [2.45, 2.75) is 72.6 Å². The Bertz CT molecular complexity index is 985. The van der Waals surface area contributed by atoms with Crippen molar-refractivity contribution >= 4 is 0 Å². The molecule has 3 aromatic carbocycles. The van der Waals surface area contributed by atoms with Gasteiger partial charge in [-0.1, -0.05) is 95.1 Å². The number of para-hydroxylation sites is 1. The van der Waals surface area contributed by atoms with Gasteiger partial charge in [-0.15, -0.1) is 0 Å². The standard InChI is InChI=1S/C23H32O2.C6H6O/c1-14-9-16(20(24)18(11-14)22(3,4)5)13-17-10-15(2)12-19(21(17)25)23(6,7)8;7-6-4-2-1-3-5-6/h9-12,24-25H,13H2,1-8H3;1-5,7H. The van der Waals surface area contributed by atoms with Crippen molar-refractivity contribution in [2.75, 3.05) is 0 Å². The summed E-state index contributed by atoms with van der Waals surface area (Å²) >= 11 is 0. The quantitative estimate of drug-likeness (QED) is 0.397. The van der Waals surface area contributed by atoms with Gasteiger partial charge in [-0.25, -0.2) is 0 Å². The second-order valence-electron chi connectivity index (χ2n) is 10.7. The minimum Gasteiger partial charge on any atom is -0.508 e. The van der Waals surface area contributed by atoms with Gasteiger partial charge in [-0.3, -0.25) is 0 Å². The van der Waals surface area contributed by atoms with E-state index in [0.717, 1.165) is 33.4 Å². The molecule has 0 radical (unpaired) electrons. The molecule has 3 rings (SSSR count). The molecule has 0 saturated heterocycles. The highest BCUT2D eigenvalue weighted by Crippen LogP contribution is 2.39. The molecule has 0 aliphatic rings. The number of phenols is 3. The molecular formula is C29H38O3. The van der Waals surface area contributed by atoms with Crippen molar-refractivity contribution in [3.8, 4) is 17.2 Å². The average Bonchev–Trinajstić information content (AvgIpc) is 2.66. The first-order valence-electron chi connectivity index (χ1n) is 11.1. The van der Waals surface area contributed by atoms with Crippen LogP contribution in [-0.4, -0.2) is 15.3 Å². The molecule has 0 aromatic heterocycles. The first kappa shape index (κ1) is 25.3. The van der Waals surface area contributed by atoms with Gasteiger partial charge in [0.25, 0.3) is 0 Å². The fourth-order valence-electron chi connectivity index (χ4n) is 3.75. The Morgan fingerprint density at radius 1 is 0.594 bits per heavy atom. The fraction of sp³-hybridized carbons (Fsp3) is 0.379. The van der Waals surface area contributed by atoms with Crippen LogP contribution in [-0.2, 0) is 17.3 Å². The van der Waals surface area contributed by atoms with E-state index in [1.54, 1.807) is 24.3 Å². The summed E-state index contributed by atoms with van der Waals surface area (Å²) in [6.07, 6.45) is 0.521. The van der Waals surface area contributed by atoms with Crippen molar-refractivity contribution in [3.63, 3.8) is 0 Å². The lowest BCUT2D eigenvalue weighted by Crippen LogP contribution is -2.14. The van der Waals surface area contributed by atoms with E-state index in [-0.39, 0.29) is 10.8 Å². The maximum Gasteiger partial charge on any atom is 0.122 e. The number of phenolic OH excluding ortho intramolecular Hbond substituents is 3. The zero-order valence-electron chi connectivity index (χ0n) is 20.7. The van der Waals surface area contributed by atoms with Crippen LogP contribution in [0.4, 0.5) is 0 Å². The van der Waals surface area contributed by atoms with Crippen molar-refractivity contribution in [2.24, 2.45) is 0 Å². The topological polar surface area (TPSA) is 60.7 Å². The smallest absolute Gasteiger partial charge is 0.122 e. The molecule has 0 amide bonds. The van der Waals surface area contributed by atoms with Gasteiger partial charge in [-0.05, 0) is 59.1 Å². The first-order chi connectivity index (χ1) is 14.7. The zero-order chi connectivity index (χ0) is 24.3. The van der Waals surface area contributed by atoms with E-state index < -0.39 is 0 Å². The predicted octanol–water partition coefficient (Wildman–Crippen LogP) is 7.29. The number of rotatable bonds is 2. The molecule has 0 unspecified atom stereocenters. The maximum absolute atomic E-state index is 10.8. The van der Waals surface area contributed by atoms with Crippen LogP contribution in [0.15, 0.2) is 54.6 Å². The minimum atomic E-state index is -0.129. The highest BCUT2D eigenvalue weighted by molar-refractivity contribution is 5.53. The van der Waals surface area contributed by atoms with Gasteiger partial charge in [0.15, 0.2) is 0 Å². The molecule has 0 atom stereocenters. The van der Waals surface area contributed by atoms with Crippen LogP contribution in [0.3, 0.4) is 0 Å². The van der Waals surface area contributed by atoms with E-state index in [1.807, 2.05) is 18.2 Å². The van der Waals surface area contributed by atoms with Crippen LogP contribution in [0.2, 0.25) is 0 Å². The van der Waals surface area contributed by atoms with Crippen LogP contribution in [0.1, 0.15) is 74.9 Å². The first-order valence-corrected chi connectivity index (χ1v) is 11.1. The molecular weight excluding hydrogens is 396 g/mol. The molecule has 172 valence electrons. The Labute approximate surface area is 193 Å². The number of hydrogen-bond donors (Lipinski definition) is 3. The molecule has 3 nitrogen and oxygen atoms in total. The summed E-state index contributed by atoms with van der Waals surface area (Å²) in [4.78, 5) is 0. The number of aromatic hydroxyl groups is 3. The molecule has 0 saturated carbocycles. The summed E-state index contributed by atoms with van der Waals surface area (Å²) in [6.45, 7) is 16.7. The monoisotopic (exact) mass is 434 g/mol. The number of hydrogen-bond acceptors (Lipinski definition) is 3. The van der Waals surface area contributed by atoms with Gasteiger partial charge in [0.05, 0.1) is 0 Å². The third-order valence-electron chi connectivity index (χ3n) is 5.42. The number of aryl methyl sites for hydroxylation is 2.